The van der Waals surface area contributed by atoms with Gasteiger partial charge in [0.1, 0.15) is 5.75 Å². The van der Waals surface area contributed by atoms with Crippen molar-refractivity contribution in [2.45, 2.75) is 12.8 Å². The Morgan fingerprint density at radius 2 is 1.90 bits per heavy atom. The van der Waals surface area contributed by atoms with Crippen LogP contribution in [0, 0.1) is 5.92 Å². The number of benzene rings is 2. The molecule has 0 aliphatic heterocycles. The van der Waals surface area contributed by atoms with E-state index in [0.29, 0.717) is 12.5 Å². The van der Waals surface area contributed by atoms with E-state index in [2.05, 4.69) is 56.1 Å². The molecule has 1 atom stereocenters. The van der Waals surface area contributed by atoms with Gasteiger partial charge in [-0.2, -0.15) is 0 Å². The van der Waals surface area contributed by atoms with Crippen molar-refractivity contribution in [1.29, 1.82) is 0 Å². The molecule has 0 saturated carbocycles. The van der Waals surface area contributed by atoms with Crippen molar-refractivity contribution in [2.24, 2.45) is 11.7 Å². The Bertz CT molecular complexity index is 601. The Labute approximate surface area is 143 Å². The van der Waals surface area contributed by atoms with E-state index in [9.17, 15) is 0 Å². The molecule has 0 aliphatic carbocycles. The lowest BCUT2D eigenvalue weighted by Crippen LogP contribution is -2.19. The van der Waals surface area contributed by atoms with Crippen LogP contribution in [0.2, 0.25) is 0 Å². The summed E-state index contributed by atoms with van der Waals surface area (Å²) < 4.78 is 7.52. The molecule has 2 nitrogen and oxygen atoms in total. The van der Waals surface area contributed by atoms with E-state index in [0.717, 1.165) is 27.5 Å². The second-order valence-electron chi connectivity index (χ2n) is 5.10. The molecule has 0 amide bonds. The SMILES string of the molecule is COc1ccc(Br)c(CC(CN)Cc2cccc(Br)c2)c1. The van der Waals surface area contributed by atoms with Gasteiger partial charge in [0.2, 0.25) is 0 Å². The molecule has 2 N–H and O–H groups in total. The van der Waals surface area contributed by atoms with Crippen LogP contribution in [0.15, 0.2) is 51.4 Å². The minimum atomic E-state index is 0.405. The van der Waals surface area contributed by atoms with Crippen molar-refractivity contribution in [3.8, 4) is 5.75 Å². The quantitative estimate of drug-likeness (QED) is 0.753. The molecular formula is C17H19Br2NO. The number of hydrogen-bond donors (Lipinski definition) is 1. The highest BCUT2D eigenvalue weighted by molar-refractivity contribution is 9.10. The van der Waals surface area contributed by atoms with Crippen molar-refractivity contribution in [2.75, 3.05) is 13.7 Å². The van der Waals surface area contributed by atoms with E-state index in [-0.39, 0.29) is 0 Å². The maximum Gasteiger partial charge on any atom is 0.119 e. The summed E-state index contributed by atoms with van der Waals surface area (Å²) in [5, 5.41) is 0. The molecule has 0 saturated heterocycles. The molecule has 0 aliphatic rings. The first-order valence-corrected chi connectivity index (χ1v) is 8.48. The Kier molecular flexibility index (Phi) is 6.27. The van der Waals surface area contributed by atoms with E-state index >= 15 is 0 Å². The lowest BCUT2D eigenvalue weighted by molar-refractivity contribution is 0.413. The summed E-state index contributed by atoms with van der Waals surface area (Å²) in [4.78, 5) is 0. The van der Waals surface area contributed by atoms with Gasteiger partial charge in [-0.1, -0.05) is 44.0 Å². The number of rotatable bonds is 6. The lowest BCUT2D eigenvalue weighted by Gasteiger charge is -2.17. The highest BCUT2D eigenvalue weighted by Crippen LogP contribution is 2.26. The highest BCUT2D eigenvalue weighted by atomic mass is 79.9. The monoisotopic (exact) mass is 411 g/mol. The lowest BCUT2D eigenvalue weighted by atomic mass is 9.92. The summed E-state index contributed by atoms with van der Waals surface area (Å²) in [6.07, 6.45) is 1.90. The molecule has 2 aromatic carbocycles. The first-order valence-electron chi connectivity index (χ1n) is 6.89. The van der Waals surface area contributed by atoms with Crippen LogP contribution in [-0.4, -0.2) is 13.7 Å². The largest absolute Gasteiger partial charge is 0.497 e. The zero-order valence-electron chi connectivity index (χ0n) is 12.0. The summed E-state index contributed by atoms with van der Waals surface area (Å²) in [6, 6.07) is 14.5. The molecule has 0 bridgehead atoms. The molecule has 0 heterocycles. The van der Waals surface area contributed by atoms with Gasteiger partial charge >= 0.3 is 0 Å². The third-order valence-corrected chi connectivity index (χ3v) is 4.78. The summed E-state index contributed by atoms with van der Waals surface area (Å²) in [7, 11) is 1.69. The van der Waals surface area contributed by atoms with E-state index in [1.54, 1.807) is 7.11 Å². The predicted octanol–water partition coefficient (Wildman–Crippen LogP) is 4.58. The van der Waals surface area contributed by atoms with Crippen LogP contribution in [-0.2, 0) is 12.8 Å². The summed E-state index contributed by atoms with van der Waals surface area (Å²) >= 11 is 7.13. The average Bonchev–Trinajstić information content (AvgIpc) is 2.48. The van der Waals surface area contributed by atoms with Gasteiger partial charge in [-0.25, -0.2) is 0 Å². The van der Waals surface area contributed by atoms with E-state index in [1.165, 1.54) is 11.1 Å². The summed E-state index contributed by atoms with van der Waals surface area (Å²) in [5.74, 6) is 1.29. The van der Waals surface area contributed by atoms with Gasteiger partial charge in [0, 0.05) is 8.95 Å². The Hall–Kier alpha value is -0.840. The fourth-order valence-corrected chi connectivity index (χ4v) is 3.24. The molecule has 2 rings (SSSR count). The van der Waals surface area contributed by atoms with E-state index < -0.39 is 0 Å². The molecule has 0 radical (unpaired) electrons. The third kappa shape index (κ3) is 4.83. The van der Waals surface area contributed by atoms with Crippen LogP contribution in [0.3, 0.4) is 0 Å². The van der Waals surface area contributed by atoms with Crippen LogP contribution < -0.4 is 10.5 Å². The third-order valence-electron chi connectivity index (χ3n) is 3.51. The molecule has 21 heavy (non-hydrogen) atoms. The van der Waals surface area contributed by atoms with E-state index in [1.807, 2.05) is 18.2 Å². The molecule has 112 valence electrons. The number of hydrogen-bond acceptors (Lipinski definition) is 2. The average molecular weight is 413 g/mol. The van der Waals surface area contributed by atoms with Crippen LogP contribution in [0.1, 0.15) is 11.1 Å². The number of ether oxygens (including phenoxy) is 1. The number of halogens is 2. The smallest absolute Gasteiger partial charge is 0.119 e. The fourth-order valence-electron chi connectivity index (χ4n) is 2.38. The van der Waals surface area contributed by atoms with Crippen molar-refractivity contribution in [3.63, 3.8) is 0 Å². The maximum absolute atomic E-state index is 5.97. The zero-order chi connectivity index (χ0) is 15.2. The normalized spacial score (nSPS) is 12.2. The van der Waals surface area contributed by atoms with Crippen molar-refractivity contribution in [1.82, 2.24) is 0 Å². The standard InChI is InChI=1S/C17H19Br2NO/c1-21-16-5-6-17(19)14(10-16)8-13(11-20)7-12-3-2-4-15(18)9-12/h2-6,9-10,13H,7-8,11,20H2,1H3. The molecule has 0 spiro atoms. The molecule has 1 unspecified atom stereocenters. The summed E-state index contributed by atoms with van der Waals surface area (Å²) in [5.41, 5.74) is 8.51. The van der Waals surface area contributed by atoms with Crippen molar-refractivity contribution in [3.05, 3.63) is 62.5 Å². The fraction of sp³-hybridized carbons (Fsp3) is 0.294. The first kappa shape index (κ1) is 16.5. The maximum atomic E-state index is 5.97. The van der Waals surface area contributed by atoms with Crippen molar-refractivity contribution < 1.29 is 4.74 Å². The van der Waals surface area contributed by atoms with Gasteiger partial charge in [-0.3, -0.25) is 0 Å². The first-order chi connectivity index (χ1) is 10.1. The number of methoxy groups -OCH3 is 1. The van der Waals surface area contributed by atoms with Crippen LogP contribution in [0.25, 0.3) is 0 Å². The van der Waals surface area contributed by atoms with Gasteiger partial charge in [-0.05, 0) is 66.8 Å². The second kappa shape index (κ2) is 7.97. The Balaban J connectivity index is 2.12. The summed E-state index contributed by atoms with van der Waals surface area (Å²) in [6.45, 7) is 0.663. The Morgan fingerprint density at radius 3 is 2.57 bits per heavy atom. The van der Waals surface area contributed by atoms with Crippen molar-refractivity contribution >= 4 is 31.9 Å². The molecule has 4 heteroatoms. The van der Waals surface area contributed by atoms with Crippen LogP contribution in [0.5, 0.6) is 5.75 Å². The van der Waals surface area contributed by atoms with Crippen LogP contribution in [0.4, 0.5) is 0 Å². The van der Waals surface area contributed by atoms with Gasteiger partial charge < -0.3 is 10.5 Å². The number of nitrogens with two attached hydrogens (primary N) is 1. The van der Waals surface area contributed by atoms with Gasteiger partial charge in [-0.15, -0.1) is 0 Å². The minimum Gasteiger partial charge on any atom is -0.497 e. The molecule has 0 fully saturated rings. The predicted molar refractivity (Wildman–Crippen MR) is 94.8 cm³/mol. The minimum absolute atomic E-state index is 0.405. The highest BCUT2D eigenvalue weighted by Gasteiger charge is 2.12. The molecular weight excluding hydrogens is 394 g/mol. The van der Waals surface area contributed by atoms with Crippen LogP contribution >= 0.6 is 31.9 Å². The van der Waals surface area contributed by atoms with Gasteiger partial charge in [0.15, 0.2) is 0 Å². The topological polar surface area (TPSA) is 35.2 Å². The van der Waals surface area contributed by atoms with Gasteiger partial charge in [0.25, 0.3) is 0 Å². The van der Waals surface area contributed by atoms with Gasteiger partial charge in [0.05, 0.1) is 7.11 Å². The molecule has 0 aromatic heterocycles. The second-order valence-corrected chi connectivity index (χ2v) is 6.87. The van der Waals surface area contributed by atoms with E-state index in [4.69, 9.17) is 10.5 Å². The Morgan fingerprint density at radius 1 is 1.10 bits per heavy atom. The zero-order valence-corrected chi connectivity index (χ0v) is 15.2. The molecule has 2 aromatic rings.